The van der Waals surface area contributed by atoms with Gasteiger partial charge in [0.2, 0.25) is 0 Å². The minimum atomic E-state index is -0.734. The molecule has 0 aromatic rings. The van der Waals surface area contributed by atoms with E-state index in [1.54, 1.807) is 0 Å². The fraction of sp³-hybridized carbons (Fsp3) is 1.00. The predicted octanol–water partition coefficient (Wildman–Crippen LogP) is 1.67. The molecule has 0 aromatic heterocycles. The topological polar surface area (TPSA) is 49.3 Å². The molecule has 0 bridgehead atoms. The summed E-state index contributed by atoms with van der Waals surface area (Å²) in [5.74, 6) is 1.43. The smallest absolute Gasteiger partial charge is 0.0446 e. The first kappa shape index (κ1) is 15.1. The Balaban J connectivity index is 2.39. The highest BCUT2D eigenvalue weighted by molar-refractivity contribution is 7.85. The molecular weight excluding hydrogens is 234 g/mol. The summed E-state index contributed by atoms with van der Waals surface area (Å²) in [4.78, 5) is 0. The van der Waals surface area contributed by atoms with Gasteiger partial charge in [-0.15, -0.1) is 0 Å². The lowest BCUT2D eigenvalue weighted by Gasteiger charge is -2.27. The summed E-state index contributed by atoms with van der Waals surface area (Å²) in [5, 5.41) is 12.7. The highest BCUT2D eigenvalue weighted by Gasteiger charge is 2.25. The Morgan fingerprint density at radius 2 is 2.24 bits per heavy atom. The summed E-state index contributed by atoms with van der Waals surface area (Å²) in [7, 11) is -0.734. The van der Waals surface area contributed by atoms with Gasteiger partial charge >= 0.3 is 0 Å². The first-order valence-corrected chi connectivity index (χ1v) is 8.27. The molecule has 0 amide bonds. The van der Waals surface area contributed by atoms with Crippen molar-refractivity contribution in [2.45, 2.75) is 57.2 Å². The number of hydrogen-bond donors (Lipinski definition) is 2. The van der Waals surface area contributed by atoms with Crippen LogP contribution in [0.4, 0.5) is 0 Å². The van der Waals surface area contributed by atoms with Crippen LogP contribution in [0.15, 0.2) is 0 Å². The Morgan fingerprint density at radius 1 is 1.47 bits per heavy atom. The third kappa shape index (κ3) is 5.49. The molecule has 102 valence electrons. The first-order chi connectivity index (χ1) is 8.17. The molecule has 1 rings (SSSR count). The Bertz CT molecular complexity index is 229. The van der Waals surface area contributed by atoms with E-state index >= 15 is 0 Å². The summed E-state index contributed by atoms with van der Waals surface area (Å²) in [5.41, 5.74) is 0. The van der Waals surface area contributed by atoms with Gasteiger partial charge in [0.15, 0.2) is 0 Å². The Morgan fingerprint density at radius 3 is 2.82 bits per heavy atom. The lowest BCUT2D eigenvalue weighted by molar-refractivity contribution is 0.270. The van der Waals surface area contributed by atoms with E-state index in [1.807, 2.05) is 0 Å². The zero-order chi connectivity index (χ0) is 12.7. The van der Waals surface area contributed by atoms with Crippen LogP contribution in [0.1, 0.15) is 46.0 Å². The highest BCUT2D eigenvalue weighted by atomic mass is 32.2. The minimum Gasteiger partial charge on any atom is -0.396 e. The monoisotopic (exact) mass is 261 g/mol. The van der Waals surface area contributed by atoms with Crippen LogP contribution in [0, 0.1) is 5.92 Å². The van der Waals surface area contributed by atoms with Gasteiger partial charge in [0.25, 0.3) is 0 Å². The van der Waals surface area contributed by atoms with E-state index < -0.39 is 10.8 Å². The zero-order valence-electron chi connectivity index (χ0n) is 11.2. The molecule has 0 aliphatic heterocycles. The Kier molecular flexibility index (Phi) is 7.32. The number of hydrogen-bond acceptors (Lipinski definition) is 3. The van der Waals surface area contributed by atoms with Gasteiger partial charge in [0.05, 0.1) is 0 Å². The standard InChI is InChI=1S/C13H27NO2S/c1-3-14-12(7-8-15)10-17(16)13-6-4-5-11(2)9-13/h11-15H,3-10H2,1-2H3. The van der Waals surface area contributed by atoms with Crippen molar-refractivity contribution < 1.29 is 9.32 Å². The molecule has 0 radical (unpaired) electrons. The van der Waals surface area contributed by atoms with E-state index in [9.17, 15) is 4.21 Å². The lowest BCUT2D eigenvalue weighted by atomic mass is 9.91. The molecule has 1 aliphatic rings. The second kappa shape index (κ2) is 8.22. The van der Waals surface area contributed by atoms with E-state index in [2.05, 4.69) is 19.2 Å². The molecule has 3 nitrogen and oxygen atoms in total. The molecule has 0 heterocycles. The minimum absolute atomic E-state index is 0.177. The van der Waals surface area contributed by atoms with Gasteiger partial charge in [-0.1, -0.05) is 26.7 Å². The molecule has 0 spiro atoms. The number of aliphatic hydroxyl groups is 1. The largest absolute Gasteiger partial charge is 0.396 e. The SMILES string of the molecule is CCNC(CCO)CS(=O)C1CCCC(C)C1. The van der Waals surface area contributed by atoms with E-state index in [0.717, 1.165) is 25.3 Å². The van der Waals surface area contributed by atoms with Gasteiger partial charge in [-0.2, -0.15) is 0 Å². The first-order valence-electron chi connectivity index (χ1n) is 6.88. The van der Waals surface area contributed by atoms with Crippen molar-refractivity contribution in [1.29, 1.82) is 0 Å². The van der Waals surface area contributed by atoms with Crippen LogP contribution < -0.4 is 5.32 Å². The van der Waals surface area contributed by atoms with Crippen LogP contribution in [-0.4, -0.2) is 39.5 Å². The number of rotatable bonds is 7. The van der Waals surface area contributed by atoms with E-state index in [4.69, 9.17) is 5.11 Å². The van der Waals surface area contributed by atoms with Crippen molar-refractivity contribution in [3.05, 3.63) is 0 Å². The van der Waals surface area contributed by atoms with Crippen molar-refractivity contribution in [3.63, 3.8) is 0 Å². The van der Waals surface area contributed by atoms with Crippen molar-refractivity contribution >= 4 is 10.8 Å². The number of nitrogens with one attached hydrogen (secondary N) is 1. The molecule has 1 fully saturated rings. The quantitative estimate of drug-likeness (QED) is 0.733. The molecule has 4 atom stereocenters. The maximum absolute atomic E-state index is 12.3. The molecule has 1 saturated carbocycles. The predicted molar refractivity (Wildman–Crippen MR) is 73.6 cm³/mol. The maximum Gasteiger partial charge on any atom is 0.0446 e. The molecule has 17 heavy (non-hydrogen) atoms. The summed E-state index contributed by atoms with van der Waals surface area (Å²) in [6.45, 7) is 5.37. The fourth-order valence-electron chi connectivity index (χ4n) is 2.64. The van der Waals surface area contributed by atoms with Gasteiger partial charge in [0.1, 0.15) is 0 Å². The summed E-state index contributed by atoms with van der Waals surface area (Å²) in [6, 6.07) is 0.211. The van der Waals surface area contributed by atoms with E-state index in [1.165, 1.54) is 12.8 Å². The molecule has 0 saturated heterocycles. The van der Waals surface area contributed by atoms with Crippen molar-refractivity contribution in [2.75, 3.05) is 18.9 Å². The second-order valence-corrected chi connectivity index (χ2v) is 6.97. The maximum atomic E-state index is 12.3. The van der Waals surface area contributed by atoms with Crippen LogP contribution in [0.5, 0.6) is 0 Å². The molecule has 4 unspecified atom stereocenters. The van der Waals surface area contributed by atoms with Gasteiger partial charge in [-0.05, 0) is 31.7 Å². The average Bonchev–Trinajstić information content (AvgIpc) is 2.29. The van der Waals surface area contributed by atoms with E-state index in [-0.39, 0.29) is 12.6 Å². The zero-order valence-corrected chi connectivity index (χ0v) is 12.0. The van der Waals surface area contributed by atoms with Crippen LogP contribution in [-0.2, 0) is 10.8 Å². The second-order valence-electron chi connectivity index (χ2n) is 5.21. The Hall–Kier alpha value is 0.0700. The normalized spacial score (nSPS) is 28.9. The molecular formula is C13H27NO2S. The molecule has 2 N–H and O–H groups in total. The van der Waals surface area contributed by atoms with Crippen molar-refractivity contribution in [3.8, 4) is 0 Å². The average molecular weight is 261 g/mol. The Labute approximate surface area is 108 Å². The van der Waals surface area contributed by atoms with Gasteiger partial charge in [-0.25, -0.2) is 0 Å². The summed E-state index contributed by atoms with van der Waals surface area (Å²) < 4.78 is 12.3. The molecule has 0 aromatic carbocycles. The van der Waals surface area contributed by atoms with Crippen LogP contribution in [0.2, 0.25) is 0 Å². The third-order valence-corrected chi connectivity index (χ3v) is 5.50. The van der Waals surface area contributed by atoms with Crippen molar-refractivity contribution in [1.82, 2.24) is 5.32 Å². The van der Waals surface area contributed by atoms with Gasteiger partial charge in [0, 0.05) is 34.5 Å². The third-order valence-electron chi connectivity index (χ3n) is 3.60. The fourth-order valence-corrected chi connectivity index (χ4v) is 4.57. The lowest BCUT2D eigenvalue weighted by Crippen LogP contribution is -2.38. The van der Waals surface area contributed by atoms with Crippen LogP contribution in [0.25, 0.3) is 0 Å². The van der Waals surface area contributed by atoms with Gasteiger partial charge < -0.3 is 10.4 Å². The molecule has 1 aliphatic carbocycles. The highest BCUT2D eigenvalue weighted by Crippen LogP contribution is 2.27. The van der Waals surface area contributed by atoms with Crippen molar-refractivity contribution in [2.24, 2.45) is 5.92 Å². The number of aliphatic hydroxyl groups excluding tert-OH is 1. The van der Waals surface area contributed by atoms with E-state index in [0.29, 0.717) is 17.4 Å². The molecule has 4 heteroatoms. The van der Waals surface area contributed by atoms with Crippen LogP contribution >= 0.6 is 0 Å². The van der Waals surface area contributed by atoms with Gasteiger partial charge in [-0.3, -0.25) is 4.21 Å². The van der Waals surface area contributed by atoms with Crippen LogP contribution in [0.3, 0.4) is 0 Å². The summed E-state index contributed by atoms with van der Waals surface area (Å²) >= 11 is 0. The summed E-state index contributed by atoms with van der Waals surface area (Å²) in [6.07, 6.45) is 5.46.